The van der Waals surface area contributed by atoms with Gasteiger partial charge >= 0.3 is 21.7 Å². The van der Waals surface area contributed by atoms with E-state index in [2.05, 4.69) is 73.4 Å². The van der Waals surface area contributed by atoms with E-state index in [0.29, 0.717) is 64.6 Å². The summed E-state index contributed by atoms with van der Waals surface area (Å²) in [6.07, 6.45) is 62.1. The average molecular weight is 1550 g/mol. The fourth-order valence-corrected chi connectivity index (χ4v) is 14.7. The van der Waals surface area contributed by atoms with E-state index in [-0.39, 0.29) is 75.2 Å². The van der Waals surface area contributed by atoms with Gasteiger partial charge in [-0.15, -0.1) is 0 Å². The third kappa shape index (κ3) is 74.1. The Morgan fingerprint density at radius 3 is 0.726 bits per heavy atom. The minimum absolute atomic E-state index is 0.000704. The molecule has 0 aliphatic rings. The lowest BCUT2D eigenvalue weighted by Crippen LogP contribution is -2.42. The van der Waals surface area contributed by atoms with Crippen LogP contribution < -0.4 is 31.9 Å². The second-order valence-corrected chi connectivity index (χ2v) is 33.2. The smallest absolute Gasteiger partial charge is 0.379 e. The van der Waals surface area contributed by atoms with Crippen molar-refractivity contribution in [2.75, 3.05) is 65.9 Å². The van der Waals surface area contributed by atoms with E-state index < -0.39 is 47.0 Å². The molecule has 0 saturated carbocycles. The molecule has 23 heteroatoms. The fraction of sp³-hybridized carbons (Fsp3) is 0.940. The fourth-order valence-electron chi connectivity index (χ4n) is 13.2. The first kappa shape index (κ1) is 103. The maximum Gasteiger partial charge on any atom is 0.472 e. The normalized spacial score (nSPS) is 13.9. The van der Waals surface area contributed by atoms with Crippen LogP contribution in [-0.4, -0.2) is 130 Å². The number of nitrogens with one attached hydrogen (secondary N) is 6. The molecule has 0 aromatic carbocycles. The molecule has 6 atom stereocenters. The molecule has 0 heterocycles. The summed E-state index contributed by atoms with van der Waals surface area (Å²) in [5, 5.41) is 17.4. The Bertz CT molecular complexity index is 1970. The van der Waals surface area contributed by atoms with Crippen molar-refractivity contribution < 1.29 is 70.5 Å². The van der Waals surface area contributed by atoms with Gasteiger partial charge in [0.05, 0.1) is 51.7 Å². The SMILES string of the molecule is CCCCCCCCCCCCCC(=O)N[C@H](COCC[C@H](CCCCCCC)NC(=O)CCCCCCCCCCC)COP(=O)(O)OCCNC(=O)NCCOP(=O)(O)OC[C@@H](COCC[C@H](CCCCCCC)NC(=O)CCCCCCCCCCC)NC(=O)CCCCCCCCCCCCC. The number of carbonyl (C=O) groups is 5. The van der Waals surface area contributed by atoms with Crippen LogP contribution in [0.25, 0.3) is 0 Å². The van der Waals surface area contributed by atoms with E-state index in [4.69, 9.17) is 27.6 Å². The number of phosphoric ester groups is 2. The topological polar surface area (TPSA) is 288 Å². The van der Waals surface area contributed by atoms with Gasteiger partial charge in [-0.05, 0) is 51.4 Å². The van der Waals surface area contributed by atoms with Crippen molar-refractivity contribution in [1.29, 1.82) is 0 Å². The van der Waals surface area contributed by atoms with Gasteiger partial charge in [-0.2, -0.15) is 0 Å². The van der Waals surface area contributed by atoms with E-state index in [1.54, 1.807) is 0 Å². The number of amides is 6. The van der Waals surface area contributed by atoms with Crippen LogP contribution in [0.4, 0.5) is 4.79 Å². The molecule has 0 radical (unpaired) electrons. The van der Waals surface area contributed by atoms with Crippen LogP contribution in [0.1, 0.15) is 414 Å². The van der Waals surface area contributed by atoms with E-state index in [9.17, 15) is 42.9 Å². The van der Waals surface area contributed by atoms with Gasteiger partial charge < -0.3 is 51.2 Å². The van der Waals surface area contributed by atoms with Crippen LogP contribution in [0.2, 0.25) is 0 Å². The van der Waals surface area contributed by atoms with Crippen molar-refractivity contribution >= 4 is 45.3 Å². The van der Waals surface area contributed by atoms with Crippen molar-refractivity contribution in [2.24, 2.45) is 0 Å². The van der Waals surface area contributed by atoms with Gasteiger partial charge in [-0.25, -0.2) is 13.9 Å². The molecule has 0 aromatic heterocycles. The minimum Gasteiger partial charge on any atom is -0.379 e. The second kappa shape index (κ2) is 77.6. The Labute approximate surface area is 648 Å². The summed E-state index contributed by atoms with van der Waals surface area (Å²) in [5.41, 5.74) is 0. The monoisotopic (exact) mass is 1550 g/mol. The van der Waals surface area contributed by atoms with Crippen LogP contribution in [-0.2, 0) is 55.9 Å². The lowest BCUT2D eigenvalue weighted by atomic mass is 10.0. The number of ether oxygens (including phenoxy) is 2. The summed E-state index contributed by atoms with van der Waals surface area (Å²) in [7, 11) is -9.38. The van der Waals surface area contributed by atoms with Crippen molar-refractivity contribution in [1.82, 2.24) is 31.9 Å². The maximum atomic E-state index is 13.3. The molecule has 0 fully saturated rings. The molecule has 0 aliphatic heterocycles. The van der Waals surface area contributed by atoms with Crippen LogP contribution in [0, 0.1) is 0 Å². The summed E-state index contributed by atoms with van der Waals surface area (Å²) in [5.74, 6) is -0.316. The molecule has 0 bridgehead atoms. The Morgan fingerprint density at radius 2 is 0.481 bits per heavy atom. The van der Waals surface area contributed by atoms with Gasteiger partial charge in [-0.3, -0.25) is 37.3 Å². The Kier molecular flexibility index (Phi) is 75.6. The summed E-state index contributed by atoms with van der Waals surface area (Å²) >= 11 is 0. The molecule has 0 aromatic rings. The Morgan fingerprint density at radius 1 is 0.264 bits per heavy atom. The third-order valence-electron chi connectivity index (χ3n) is 19.8. The zero-order valence-corrected chi connectivity index (χ0v) is 70.8. The zero-order valence-electron chi connectivity index (χ0n) is 69.0. The lowest BCUT2D eigenvalue weighted by Gasteiger charge is -2.22. The number of urea groups is 1. The highest BCUT2D eigenvalue weighted by Gasteiger charge is 2.27. The number of hydrogen-bond acceptors (Lipinski definition) is 13. The number of hydrogen-bond donors (Lipinski definition) is 8. The molecule has 628 valence electrons. The summed E-state index contributed by atoms with van der Waals surface area (Å²) in [6.45, 7) is 11.9. The van der Waals surface area contributed by atoms with Crippen LogP contribution in [0.3, 0.4) is 0 Å². The summed E-state index contributed by atoms with van der Waals surface area (Å²) in [6, 6.07) is -2.40. The summed E-state index contributed by atoms with van der Waals surface area (Å²) < 4.78 is 59.8. The van der Waals surface area contributed by atoms with Gasteiger partial charge in [0, 0.05) is 64.1 Å². The molecule has 6 amide bonds. The molecule has 106 heavy (non-hydrogen) atoms. The largest absolute Gasteiger partial charge is 0.472 e. The van der Waals surface area contributed by atoms with Gasteiger partial charge in [0.25, 0.3) is 0 Å². The van der Waals surface area contributed by atoms with Gasteiger partial charge in [0.2, 0.25) is 23.6 Å². The number of unbranched alkanes of at least 4 members (excludes halogenated alkanes) is 44. The molecule has 0 aliphatic carbocycles. The quantitative estimate of drug-likeness (QED) is 0.0207. The molecular formula is C83H166N6O15P2. The Balaban J connectivity index is 5.56. The first-order valence-electron chi connectivity index (χ1n) is 44.1. The molecule has 2 unspecified atom stereocenters. The van der Waals surface area contributed by atoms with Crippen LogP contribution >= 0.6 is 15.6 Å². The van der Waals surface area contributed by atoms with Crippen LogP contribution in [0.15, 0.2) is 0 Å². The van der Waals surface area contributed by atoms with Gasteiger partial charge in [-0.1, -0.05) is 337 Å². The Hall–Kier alpha value is -2.71. The number of rotatable bonds is 84. The van der Waals surface area contributed by atoms with Gasteiger partial charge in [0.1, 0.15) is 0 Å². The molecule has 0 rings (SSSR count). The van der Waals surface area contributed by atoms with Crippen molar-refractivity contribution in [3.05, 3.63) is 0 Å². The highest BCUT2D eigenvalue weighted by Crippen LogP contribution is 2.44. The van der Waals surface area contributed by atoms with Crippen LogP contribution in [0.5, 0.6) is 0 Å². The predicted molar refractivity (Wildman–Crippen MR) is 436 cm³/mol. The third-order valence-corrected chi connectivity index (χ3v) is 21.8. The predicted octanol–water partition coefficient (Wildman–Crippen LogP) is 21.3. The van der Waals surface area contributed by atoms with E-state index in [1.165, 1.54) is 180 Å². The lowest BCUT2D eigenvalue weighted by molar-refractivity contribution is -0.123. The maximum absolute atomic E-state index is 13.3. The molecule has 8 N–H and O–H groups in total. The number of carbonyl (C=O) groups excluding carboxylic acids is 5. The molecular weight excluding hydrogens is 1380 g/mol. The summed E-state index contributed by atoms with van der Waals surface area (Å²) in [4.78, 5) is 87.1. The highest BCUT2D eigenvalue weighted by molar-refractivity contribution is 7.47. The standard InChI is InChI=1S/C83H166N6O15P2/c1-7-13-19-25-29-33-35-39-43-49-55-61-81(92)88-77(71-99-67-63-75(57-51-45-23-17-11-5)86-79(90)59-53-47-41-37-31-27-21-15-9-3)73-103-105(95,96)101-69-65-84-83(94)85-66-70-102-106(97,98)104-74-78(89-82(93)62-56-50-44-40-36-34-30-26-20-14-8-2)72-100-68-64-76(58-52-46-24-18-12-6)87-80(91)60-54-48-42-38-32-28-22-16-10-4/h75-78H,7-74H2,1-6H3,(H,86,90)(H,87,91)(H,88,92)(H,89,93)(H,95,96)(H,97,98)(H2,84,85,94)/t75-,76-,77+,78+/m0/s1. The molecule has 0 spiro atoms. The van der Waals surface area contributed by atoms with Crippen molar-refractivity contribution in [3.63, 3.8) is 0 Å². The van der Waals surface area contributed by atoms with Crippen molar-refractivity contribution in [2.45, 2.75) is 438 Å². The van der Waals surface area contributed by atoms with E-state index in [0.717, 1.165) is 141 Å². The first-order valence-corrected chi connectivity index (χ1v) is 47.1. The van der Waals surface area contributed by atoms with Crippen molar-refractivity contribution in [3.8, 4) is 0 Å². The highest BCUT2D eigenvalue weighted by atomic mass is 31.2. The average Bonchev–Trinajstić information content (AvgIpc) is 0.919. The van der Waals surface area contributed by atoms with Gasteiger partial charge in [0.15, 0.2) is 0 Å². The zero-order chi connectivity index (χ0) is 77.8. The first-order chi connectivity index (χ1) is 51.5. The number of phosphoric acid groups is 2. The van der Waals surface area contributed by atoms with E-state index in [1.807, 2.05) is 0 Å². The molecule has 0 saturated heterocycles. The molecule has 21 nitrogen and oxygen atoms in total. The minimum atomic E-state index is -4.69. The van der Waals surface area contributed by atoms with E-state index >= 15 is 0 Å². The second-order valence-electron chi connectivity index (χ2n) is 30.3.